The molecule has 0 bridgehead atoms. The van der Waals surface area contributed by atoms with Crippen LogP contribution in [0.1, 0.15) is 105 Å². The Balaban J connectivity index is 0.000000467. The molecule has 2 aromatic rings. The Bertz CT molecular complexity index is 1820. The van der Waals surface area contributed by atoms with Crippen molar-refractivity contribution in [3.63, 3.8) is 0 Å². The van der Waals surface area contributed by atoms with Crippen molar-refractivity contribution in [2.75, 3.05) is 50.7 Å². The molecule has 2 aromatic carbocycles. The van der Waals surface area contributed by atoms with E-state index >= 15 is 4.39 Å². The second-order valence-electron chi connectivity index (χ2n) is 15.8. The van der Waals surface area contributed by atoms with Crippen LogP contribution in [0.4, 0.5) is 10.1 Å². The molecule has 0 spiro atoms. The Morgan fingerprint density at radius 1 is 0.867 bits per heavy atom. The maximum absolute atomic E-state index is 15.2. The van der Waals surface area contributed by atoms with E-state index in [0.29, 0.717) is 60.4 Å². The number of phenolic OH excluding ortho intramolecular Hbond substituents is 1. The minimum Gasteiger partial charge on any atom is -0.508 e. The number of aromatic hydroxyl groups is 1. The summed E-state index contributed by atoms with van der Waals surface area (Å²) in [6.07, 6.45) is 15.1. The average molecular weight is 833 g/mol. The molecule has 330 valence electrons. The van der Waals surface area contributed by atoms with Gasteiger partial charge in [-0.2, -0.15) is 0 Å². The van der Waals surface area contributed by atoms with Gasteiger partial charge in [-0.1, -0.05) is 65.0 Å². The number of amides is 4. The van der Waals surface area contributed by atoms with Crippen LogP contribution in [0.15, 0.2) is 66.3 Å². The summed E-state index contributed by atoms with van der Waals surface area (Å²) in [6.45, 7) is 18.5. The number of phenols is 1. The Kier molecular flexibility index (Phi) is 20.1. The highest BCUT2D eigenvalue weighted by Gasteiger charge is 2.34. The molecule has 14 heteroatoms. The highest BCUT2D eigenvalue weighted by Crippen LogP contribution is 2.28. The predicted octanol–water partition coefficient (Wildman–Crippen LogP) is 5.86. The van der Waals surface area contributed by atoms with E-state index in [2.05, 4.69) is 21.7 Å². The lowest BCUT2D eigenvalue weighted by atomic mass is 9.96. The molecule has 13 nitrogen and oxygen atoms in total. The summed E-state index contributed by atoms with van der Waals surface area (Å²) in [5.41, 5.74) is 20.6. The summed E-state index contributed by atoms with van der Waals surface area (Å²) in [6, 6.07) is 7.23. The Labute approximate surface area is 356 Å². The molecule has 3 saturated heterocycles. The third-order valence-electron chi connectivity index (χ3n) is 11.4. The molecule has 8 N–H and O–H groups in total. The number of benzene rings is 2. The number of nitrogens with one attached hydrogen (secondary N) is 1. The average Bonchev–Trinajstić information content (AvgIpc) is 3.24. The lowest BCUT2D eigenvalue weighted by molar-refractivity contribution is -0.131. The van der Waals surface area contributed by atoms with E-state index < -0.39 is 29.6 Å². The molecule has 3 aliphatic heterocycles. The van der Waals surface area contributed by atoms with Crippen LogP contribution in [0.2, 0.25) is 0 Å². The van der Waals surface area contributed by atoms with E-state index in [9.17, 15) is 19.2 Å². The van der Waals surface area contributed by atoms with Crippen molar-refractivity contribution in [3.8, 4) is 5.75 Å². The largest absolute Gasteiger partial charge is 0.508 e. The quantitative estimate of drug-likeness (QED) is 0.116. The molecule has 4 fully saturated rings. The van der Waals surface area contributed by atoms with Crippen molar-refractivity contribution in [1.29, 1.82) is 0 Å². The molecule has 4 aliphatic rings. The number of piperazine rings is 1. The van der Waals surface area contributed by atoms with Gasteiger partial charge in [-0.15, -0.1) is 0 Å². The maximum Gasteiger partial charge on any atom is 0.264 e. The number of halogens is 1. The van der Waals surface area contributed by atoms with Gasteiger partial charge in [0.25, 0.3) is 11.8 Å². The molecule has 1 atom stereocenters. The monoisotopic (exact) mass is 833 g/mol. The van der Waals surface area contributed by atoms with E-state index in [1.165, 1.54) is 62.3 Å². The van der Waals surface area contributed by atoms with Gasteiger partial charge in [-0.05, 0) is 105 Å². The van der Waals surface area contributed by atoms with E-state index in [0.717, 1.165) is 56.0 Å². The van der Waals surface area contributed by atoms with Crippen LogP contribution in [0.25, 0.3) is 0 Å². The fourth-order valence-electron chi connectivity index (χ4n) is 7.62. The van der Waals surface area contributed by atoms with Crippen molar-refractivity contribution in [3.05, 3.63) is 94.3 Å². The van der Waals surface area contributed by atoms with Crippen LogP contribution in [0, 0.1) is 32.5 Å². The van der Waals surface area contributed by atoms with Crippen LogP contribution in [-0.2, 0) is 14.4 Å². The van der Waals surface area contributed by atoms with Gasteiger partial charge in [0.05, 0.1) is 17.2 Å². The molecule has 60 heavy (non-hydrogen) atoms. The molecule has 0 radical (unpaired) electrons. The number of rotatable bonds is 9. The number of anilines is 1. The summed E-state index contributed by atoms with van der Waals surface area (Å²) in [5, 5.41) is 11.5. The number of primary amides is 1. The number of aryl methyl sites for hydroxylation is 3. The minimum absolute atomic E-state index is 0.0475. The predicted molar refractivity (Wildman–Crippen MR) is 237 cm³/mol. The van der Waals surface area contributed by atoms with E-state index in [-0.39, 0.29) is 17.7 Å². The second-order valence-corrected chi connectivity index (χ2v) is 15.8. The van der Waals surface area contributed by atoms with Gasteiger partial charge in [0.15, 0.2) is 0 Å². The number of imide groups is 1. The molecule has 1 aliphatic carbocycles. The minimum atomic E-state index is -0.941. The number of piperidine rings is 2. The first kappa shape index (κ1) is 49.0. The summed E-state index contributed by atoms with van der Waals surface area (Å²) in [5.74, 6) is -0.835. The topological polar surface area (TPSA) is 192 Å². The van der Waals surface area contributed by atoms with Crippen LogP contribution in [0.5, 0.6) is 5.75 Å². The third kappa shape index (κ3) is 14.7. The molecular formula is C46H69FN8O5. The SMILES string of the molecule is C1CCCCC1.C=C1CCC(N(C=O)C(=O)c2cc(N3CCN(CC4CCN(/C(N)=C/C=C(\N)C(N)=O)CC4)CC3)c(F)cc2C)C(=O)N1.CC.Cc1ccc(O)cc1C. The van der Waals surface area contributed by atoms with Gasteiger partial charge in [0, 0.05) is 57.1 Å². The lowest BCUT2D eigenvalue weighted by Gasteiger charge is -2.40. The smallest absolute Gasteiger partial charge is 0.264 e. The summed E-state index contributed by atoms with van der Waals surface area (Å²) >= 11 is 0. The number of allylic oxidation sites excluding steroid dienone is 3. The molecule has 1 saturated carbocycles. The van der Waals surface area contributed by atoms with Gasteiger partial charge in [0.1, 0.15) is 17.6 Å². The van der Waals surface area contributed by atoms with Crippen LogP contribution in [0.3, 0.4) is 0 Å². The van der Waals surface area contributed by atoms with Crippen molar-refractivity contribution >= 4 is 29.8 Å². The third-order valence-corrected chi connectivity index (χ3v) is 11.4. The second kappa shape index (κ2) is 24.6. The summed E-state index contributed by atoms with van der Waals surface area (Å²) in [4.78, 5) is 56.1. The van der Waals surface area contributed by atoms with Crippen molar-refractivity contribution in [2.45, 2.75) is 105 Å². The zero-order chi connectivity index (χ0) is 44.4. The number of carbonyl (C=O) groups excluding carboxylic acids is 4. The Morgan fingerprint density at radius 3 is 1.98 bits per heavy atom. The first-order chi connectivity index (χ1) is 28.7. The molecule has 6 rings (SSSR count). The van der Waals surface area contributed by atoms with Crippen LogP contribution in [-0.4, -0.2) is 95.8 Å². The molecule has 4 amide bonds. The number of hydrogen-bond acceptors (Lipinski definition) is 10. The zero-order valence-electron chi connectivity index (χ0n) is 36.5. The Morgan fingerprint density at radius 2 is 1.47 bits per heavy atom. The van der Waals surface area contributed by atoms with Gasteiger partial charge >= 0.3 is 0 Å². The fraction of sp³-hybridized carbons (Fsp3) is 0.522. The number of nitrogens with two attached hydrogens (primary N) is 3. The van der Waals surface area contributed by atoms with Gasteiger partial charge in [-0.3, -0.25) is 29.0 Å². The maximum atomic E-state index is 15.2. The molecular weight excluding hydrogens is 764 g/mol. The number of nitrogens with zero attached hydrogens (tertiary/aromatic N) is 4. The first-order valence-electron chi connectivity index (χ1n) is 21.5. The highest BCUT2D eigenvalue weighted by molar-refractivity contribution is 6.05. The number of likely N-dealkylation sites (tertiary alicyclic amines) is 1. The van der Waals surface area contributed by atoms with Crippen molar-refractivity contribution in [2.24, 2.45) is 23.1 Å². The normalized spacial score (nSPS) is 19.0. The fourth-order valence-corrected chi connectivity index (χ4v) is 7.62. The van der Waals surface area contributed by atoms with E-state index in [1.54, 1.807) is 25.1 Å². The summed E-state index contributed by atoms with van der Waals surface area (Å²) < 4.78 is 15.2. The Hall–Kier alpha value is -5.37. The van der Waals surface area contributed by atoms with Gasteiger partial charge in [-0.25, -0.2) is 4.39 Å². The standard InChI is InChI=1S/C30H41FN8O4.C8H10O.C6H12.C2H6/c1-19-15-23(31)26(16-22(19)30(43)39(18-40)25-5-3-20(2)35-29(25)42)37-13-11-36(12-14-37)17-21-7-9-38(10-8-21)27(33)6-4-24(32)28(34)41;1-6-3-4-8(9)5-7(6)2;1-2-4-6-5-3-1;1-2/h4,6,15-16,18,21,25H,2-3,5,7-14,17,32-33H2,1H3,(H2,34,41)(H,35,42);3-5,9H,1-2H3;1-6H2;1-2H3/b24-4-,27-6+;;;. The highest BCUT2D eigenvalue weighted by atomic mass is 19.1. The molecule has 0 aromatic heterocycles. The van der Waals surface area contributed by atoms with Crippen molar-refractivity contribution < 1.29 is 28.7 Å². The summed E-state index contributed by atoms with van der Waals surface area (Å²) in [7, 11) is 0. The van der Waals surface area contributed by atoms with Gasteiger partial charge in [0.2, 0.25) is 12.3 Å². The van der Waals surface area contributed by atoms with Crippen molar-refractivity contribution in [1.82, 2.24) is 20.0 Å². The lowest BCUT2D eigenvalue weighted by Crippen LogP contribution is -2.51. The number of hydrogen-bond donors (Lipinski definition) is 5. The van der Waals surface area contributed by atoms with E-state index in [4.69, 9.17) is 22.3 Å². The molecule has 1 unspecified atom stereocenters. The zero-order valence-corrected chi connectivity index (χ0v) is 36.5. The van der Waals surface area contributed by atoms with E-state index in [1.807, 2.05) is 38.7 Å². The van der Waals surface area contributed by atoms with Gasteiger partial charge < -0.3 is 37.4 Å². The number of carbonyl (C=O) groups is 4. The molecule has 3 heterocycles. The van der Waals surface area contributed by atoms with Crippen LogP contribution >= 0.6 is 0 Å². The van der Waals surface area contributed by atoms with Crippen LogP contribution < -0.4 is 27.4 Å². The first-order valence-corrected chi connectivity index (χ1v) is 21.5.